The Labute approximate surface area is 119 Å². The average molecular weight is 326 g/mol. The van der Waals surface area contributed by atoms with Gasteiger partial charge in [-0.2, -0.15) is 0 Å². The molecule has 4 heteroatoms. The number of alkyl halides is 2. The quantitative estimate of drug-likeness (QED) is 0.803. The van der Waals surface area contributed by atoms with Gasteiger partial charge in [0.05, 0.1) is 0 Å². The summed E-state index contributed by atoms with van der Waals surface area (Å²) in [4.78, 5) is 0. The first kappa shape index (κ1) is 14.0. The van der Waals surface area contributed by atoms with E-state index in [1.807, 2.05) is 31.2 Å². The number of aryl methyl sites for hydroxylation is 1. The Balaban J connectivity index is 2.07. The highest BCUT2D eigenvalue weighted by Gasteiger charge is 2.06. The van der Waals surface area contributed by atoms with Crippen LogP contribution in [0.5, 0.6) is 0 Å². The molecule has 0 aromatic heterocycles. The van der Waals surface area contributed by atoms with Gasteiger partial charge in [0.15, 0.2) is 0 Å². The van der Waals surface area contributed by atoms with Crippen molar-refractivity contribution in [1.82, 2.24) is 0 Å². The maximum Gasteiger partial charge on any atom is 0.263 e. The summed E-state index contributed by atoms with van der Waals surface area (Å²) in [6.45, 7) is 2.53. The lowest BCUT2D eigenvalue weighted by molar-refractivity contribution is 0.151. The van der Waals surface area contributed by atoms with E-state index < -0.39 is 6.43 Å². The SMILES string of the molecule is Cc1cc(Br)cc(NCc2cccc(C(F)F)c2)c1. The second kappa shape index (κ2) is 6.15. The van der Waals surface area contributed by atoms with Gasteiger partial charge in [0.2, 0.25) is 0 Å². The van der Waals surface area contributed by atoms with Crippen LogP contribution in [0, 0.1) is 6.92 Å². The van der Waals surface area contributed by atoms with Gasteiger partial charge in [-0.05, 0) is 42.3 Å². The number of anilines is 1. The summed E-state index contributed by atoms with van der Waals surface area (Å²) in [6, 6.07) is 12.5. The largest absolute Gasteiger partial charge is 0.381 e. The van der Waals surface area contributed by atoms with E-state index in [0.29, 0.717) is 6.54 Å². The van der Waals surface area contributed by atoms with Crippen LogP contribution in [0.4, 0.5) is 14.5 Å². The predicted molar refractivity (Wildman–Crippen MR) is 77.6 cm³/mol. The van der Waals surface area contributed by atoms with Crippen LogP contribution in [0.2, 0.25) is 0 Å². The Kier molecular flexibility index (Phi) is 4.53. The summed E-state index contributed by atoms with van der Waals surface area (Å²) in [6.07, 6.45) is -2.42. The summed E-state index contributed by atoms with van der Waals surface area (Å²) in [5.74, 6) is 0. The lowest BCUT2D eigenvalue weighted by Gasteiger charge is -2.09. The molecule has 0 saturated heterocycles. The van der Waals surface area contributed by atoms with Gasteiger partial charge in [-0.25, -0.2) is 8.78 Å². The molecule has 1 nitrogen and oxygen atoms in total. The third kappa shape index (κ3) is 4.03. The molecule has 0 unspecified atom stereocenters. The van der Waals surface area contributed by atoms with Crippen molar-refractivity contribution < 1.29 is 8.78 Å². The van der Waals surface area contributed by atoms with Gasteiger partial charge in [0, 0.05) is 22.3 Å². The topological polar surface area (TPSA) is 12.0 Å². The molecule has 0 atom stereocenters. The van der Waals surface area contributed by atoms with Crippen LogP contribution in [0.15, 0.2) is 46.9 Å². The monoisotopic (exact) mass is 325 g/mol. The molecular formula is C15H14BrF2N. The van der Waals surface area contributed by atoms with Crippen molar-refractivity contribution >= 4 is 21.6 Å². The molecule has 2 aromatic carbocycles. The number of nitrogens with one attached hydrogen (secondary N) is 1. The molecule has 1 N–H and O–H groups in total. The summed E-state index contributed by atoms with van der Waals surface area (Å²) >= 11 is 3.43. The van der Waals surface area contributed by atoms with Crippen molar-refractivity contribution in [3.8, 4) is 0 Å². The van der Waals surface area contributed by atoms with Crippen molar-refractivity contribution in [2.75, 3.05) is 5.32 Å². The van der Waals surface area contributed by atoms with Crippen molar-refractivity contribution in [2.24, 2.45) is 0 Å². The maximum absolute atomic E-state index is 12.6. The van der Waals surface area contributed by atoms with Crippen LogP contribution < -0.4 is 5.32 Å². The van der Waals surface area contributed by atoms with Crippen molar-refractivity contribution in [1.29, 1.82) is 0 Å². The number of rotatable bonds is 4. The second-order valence-electron chi connectivity index (χ2n) is 4.42. The summed E-state index contributed by atoms with van der Waals surface area (Å²) in [5, 5.41) is 3.23. The van der Waals surface area contributed by atoms with Crippen molar-refractivity contribution in [2.45, 2.75) is 19.9 Å². The molecule has 0 spiro atoms. The molecule has 2 aromatic rings. The fraction of sp³-hybridized carbons (Fsp3) is 0.200. The van der Waals surface area contributed by atoms with Gasteiger partial charge < -0.3 is 5.32 Å². The van der Waals surface area contributed by atoms with Gasteiger partial charge in [0.1, 0.15) is 0 Å². The first-order valence-corrected chi connectivity index (χ1v) is 6.72. The zero-order chi connectivity index (χ0) is 13.8. The van der Waals surface area contributed by atoms with E-state index >= 15 is 0 Å². The van der Waals surface area contributed by atoms with Crippen LogP contribution in [-0.2, 0) is 6.54 Å². The van der Waals surface area contributed by atoms with Crippen molar-refractivity contribution in [3.63, 3.8) is 0 Å². The average Bonchev–Trinajstić information content (AvgIpc) is 2.35. The highest BCUT2D eigenvalue weighted by Crippen LogP contribution is 2.22. The molecule has 0 amide bonds. The van der Waals surface area contributed by atoms with E-state index in [0.717, 1.165) is 21.3 Å². The Morgan fingerprint density at radius 3 is 2.63 bits per heavy atom. The number of benzene rings is 2. The lowest BCUT2D eigenvalue weighted by atomic mass is 10.1. The van der Waals surface area contributed by atoms with Gasteiger partial charge >= 0.3 is 0 Å². The molecule has 0 fully saturated rings. The molecule has 0 saturated carbocycles. The molecule has 0 radical (unpaired) electrons. The Morgan fingerprint density at radius 2 is 1.95 bits per heavy atom. The summed E-state index contributed by atoms with van der Waals surface area (Å²) in [7, 11) is 0. The van der Waals surface area contributed by atoms with Crippen LogP contribution in [0.1, 0.15) is 23.1 Å². The third-order valence-electron chi connectivity index (χ3n) is 2.74. The molecule has 19 heavy (non-hydrogen) atoms. The minimum Gasteiger partial charge on any atom is -0.381 e. The molecule has 0 bridgehead atoms. The molecule has 2 rings (SSSR count). The summed E-state index contributed by atoms with van der Waals surface area (Å²) in [5.41, 5.74) is 3.01. The van der Waals surface area contributed by atoms with Gasteiger partial charge in [-0.1, -0.05) is 34.1 Å². The van der Waals surface area contributed by atoms with E-state index in [2.05, 4.69) is 21.2 Å². The molecule has 0 heterocycles. The third-order valence-corrected chi connectivity index (χ3v) is 3.20. The Hall–Kier alpha value is -1.42. The molecule has 0 aliphatic heterocycles. The Morgan fingerprint density at radius 1 is 1.16 bits per heavy atom. The Bertz CT molecular complexity index is 550. The van der Waals surface area contributed by atoms with E-state index in [9.17, 15) is 8.78 Å². The minimum atomic E-state index is -2.42. The highest BCUT2D eigenvalue weighted by molar-refractivity contribution is 9.10. The van der Waals surface area contributed by atoms with E-state index in [1.54, 1.807) is 6.07 Å². The minimum absolute atomic E-state index is 0.0599. The number of hydrogen-bond donors (Lipinski definition) is 1. The van der Waals surface area contributed by atoms with Crippen LogP contribution in [0.25, 0.3) is 0 Å². The van der Waals surface area contributed by atoms with Crippen LogP contribution in [0.3, 0.4) is 0 Å². The fourth-order valence-electron chi connectivity index (χ4n) is 1.88. The fourth-order valence-corrected chi connectivity index (χ4v) is 2.49. The standard InChI is InChI=1S/C15H14BrF2N/c1-10-5-13(16)8-14(6-10)19-9-11-3-2-4-12(7-11)15(17)18/h2-8,15,19H,9H2,1H3. The van der Waals surface area contributed by atoms with E-state index in [1.165, 1.54) is 12.1 Å². The highest BCUT2D eigenvalue weighted by atomic mass is 79.9. The number of hydrogen-bond acceptors (Lipinski definition) is 1. The smallest absolute Gasteiger partial charge is 0.263 e. The number of halogens is 3. The van der Waals surface area contributed by atoms with Crippen LogP contribution >= 0.6 is 15.9 Å². The molecular weight excluding hydrogens is 312 g/mol. The van der Waals surface area contributed by atoms with Crippen molar-refractivity contribution in [3.05, 3.63) is 63.6 Å². The lowest BCUT2D eigenvalue weighted by Crippen LogP contribution is -2.00. The van der Waals surface area contributed by atoms with E-state index in [-0.39, 0.29) is 5.56 Å². The summed E-state index contributed by atoms with van der Waals surface area (Å²) < 4.78 is 26.2. The molecule has 100 valence electrons. The first-order chi connectivity index (χ1) is 9.04. The van der Waals surface area contributed by atoms with Gasteiger partial charge in [-0.15, -0.1) is 0 Å². The maximum atomic E-state index is 12.6. The van der Waals surface area contributed by atoms with Crippen LogP contribution in [-0.4, -0.2) is 0 Å². The van der Waals surface area contributed by atoms with Gasteiger partial charge in [-0.3, -0.25) is 0 Å². The molecule has 0 aliphatic carbocycles. The predicted octanol–water partition coefficient (Wildman–Crippen LogP) is 5.31. The van der Waals surface area contributed by atoms with Gasteiger partial charge in [0.25, 0.3) is 6.43 Å². The van der Waals surface area contributed by atoms with E-state index in [4.69, 9.17) is 0 Å². The normalized spacial score (nSPS) is 10.8. The first-order valence-electron chi connectivity index (χ1n) is 5.92. The zero-order valence-corrected chi connectivity index (χ0v) is 12.0. The zero-order valence-electron chi connectivity index (χ0n) is 10.5. The molecule has 0 aliphatic rings. The second-order valence-corrected chi connectivity index (χ2v) is 5.33.